The highest BCUT2D eigenvalue weighted by atomic mass is 35.5. The molecule has 0 fully saturated rings. The number of amides is 1. The van der Waals surface area contributed by atoms with Crippen molar-refractivity contribution >= 4 is 52.2 Å². The van der Waals surface area contributed by atoms with Crippen LogP contribution >= 0.6 is 35.5 Å². The Hall–Kier alpha value is -1.53. The number of carbonyl (C=O) groups excluding carboxylic acids is 1. The van der Waals surface area contributed by atoms with E-state index in [9.17, 15) is 4.79 Å². The average Bonchev–Trinajstić information content (AvgIpc) is 3.14. The predicted octanol–water partition coefficient (Wildman–Crippen LogP) is 4.47. The molecule has 26 heavy (non-hydrogen) atoms. The van der Waals surface area contributed by atoms with Crippen molar-refractivity contribution in [1.29, 1.82) is 0 Å². The molecule has 2 aromatic carbocycles. The van der Waals surface area contributed by atoms with Crippen LogP contribution in [-0.2, 0) is 11.2 Å². The molecule has 2 heterocycles. The van der Waals surface area contributed by atoms with Gasteiger partial charge in [-0.1, -0.05) is 36.4 Å². The van der Waals surface area contributed by atoms with Crippen molar-refractivity contribution in [2.45, 2.75) is 17.7 Å². The first-order chi connectivity index (χ1) is 12.3. The summed E-state index contributed by atoms with van der Waals surface area (Å²) >= 11 is 3.47. The number of hydrogen-bond acceptors (Lipinski definition) is 4. The summed E-state index contributed by atoms with van der Waals surface area (Å²) in [6.07, 6.45) is 1.06. The van der Waals surface area contributed by atoms with Gasteiger partial charge in [0.1, 0.15) is 5.25 Å². The Morgan fingerprint density at radius 3 is 2.81 bits per heavy atom. The van der Waals surface area contributed by atoms with Crippen LogP contribution < -0.4 is 11.1 Å². The first-order valence-corrected chi connectivity index (χ1v) is 10.4. The van der Waals surface area contributed by atoms with E-state index in [0.29, 0.717) is 6.54 Å². The molecule has 4 rings (SSSR count). The first kappa shape index (κ1) is 19.2. The lowest BCUT2D eigenvalue weighted by molar-refractivity contribution is -0.121. The largest absolute Gasteiger partial charge is 0.347 e. The van der Waals surface area contributed by atoms with Crippen LogP contribution in [0.4, 0.5) is 0 Å². The Labute approximate surface area is 167 Å². The normalized spacial score (nSPS) is 17.2. The molecular weight excluding hydrogens is 384 g/mol. The Balaban J connectivity index is 0.00000196. The summed E-state index contributed by atoms with van der Waals surface area (Å²) in [7, 11) is 0. The second kappa shape index (κ2) is 8.44. The Morgan fingerprint density at radius 2 is 2.00 bits per heavy atom. The number of halogens is 1. The zero-order valence-electron chi connectivity index (χ0n) is 14.2. The van der Waals surface area contributed by atoms with Crippen molar-refractivity contribution < 1.29 is 4.79 Å². The fourth-order valence-electron chi connectivity index (χ4n) is 3.31. The van der Waals surface area contributed by atoms with Gasteiger partial charge in [0.15, 0.2) is 0 Å². The predicted molar refractivity (Wildman–Crippen MR) is 114 cm³/mol. The Morgan fingerprint density at radius 1 is 1.19 bits per heavy atom. The van der Waals surface area contributed by atoms with Gasteiger partial charge in [0.2, 0.25) is 5.91 Å². The SMILES string of the molecule is Cl.NCC(NC(=O)C1SCCc2sccc21)c1ccc2ccccc2c1. The fourth-order valence-corrected chi connectivity index (χ4v) is 5.62. The second-order valence-electron chi connectivity index (χ2n) is 6.20. The summed E-state index contributed by atoms with van der Waals surface area (Å²) in [5.74, 6) is 1.06. The van der Waals surface area contributed by atoms with E-state index < -0.39 is 0 Å². The van der Waals surface area contributed by atoms with E-state index in [4.69, 9.17) is 5.73 Å². The molecule has 136 valence electrons. The number of rotatable bonds is 4. The van der Waals surface area contributed by atoms with Crippen LogP contribution in [0.25, 0.3) is 10.8 Å². The minimum Gasteiger partial charge on any atom is -0.347 e. The van der Waals surface area contributed by atoms with Crippen molar-refractivity contribution in [2.75, 3.05) is 12.3 Å². The van der Waals surface area contributed by atoms with E-state index >= 15 is 0 Å². The van der Waals surface area contributed by atoms with Gasteiger partial charge < -0.3 is 11.1 Å². The molecule has 1 aliphatic rings. The number of nitrogens with one attached hydrogen (secondary N) is 1. The number of benzene rings is 2. The van der Waals surface area contributed by atoms with Crippen molar-refractivity contribution in [1.82, 2.24) is 5.32 Å². The van der Waals surface area contributed by atoms with E-state index in [1.54, 1.807) is 23.1 Å². The molecule has 2 atom stereocenters. The standard InChI is InChI=1S/C20H20N2OS2.ClH/c21-12-17(15-6-5-13-3-1-2-4-14(13)11-15)22-20(23)19-16-7-9-24-18(16)8-10-25-19;/h1-7,9,11,17,19H,8,10,12,21H2,(H,22,23);1H. The molecular formula is C20H21ClN2OS2. The summed E-state index contributed by atoms with van der Waals surface area (Å²) in [6.45, 7) is 0.387. The van der Waals surface area contributed by atoms with Crippen molar-refractivity contribution in [3.05, 3.63) is 69.9 Å². The molecule has 1 amide bonds. The highest BCUT2D eigenvalue weighted by Crippen LogP contribution is 2.39. The Bertz CT molecular complexity index is 911. The van der Waals surface area contributed by atoms with E-state index in [0.717, 1.165) is 17.7 Å². The number of fused-ring (bicyclic) bond motifs is 2. The molecule has 0 radical (unpaired) electrons. The van der Waals surface area contributed by atoms with Gasteiger partial charge in [0.05, 0.1) is 6.04 Å². The van der Waals surface area contributed by atoms with Gasteiger partial charge in [-0.2, -0.15) is 0 Å². The van der Waals surface area contributed by atoms with Gasteiger partial charge in [-0.15, -0.1) is 35.5 Å². The molecule has 6 heteroatoms. The summed E-state index contributed by atoms with van der Waals surface area (Å²) in [5, 5.41) is 7.49. The van der Waals surface area contributed by atoms with E-state index in [1.807, 2.05) is 12.1 Å². The Kier molecular flexibility index (Phi) is 6.24. The van der Waals surface area contributed by atoms with E-state index in [1.165, 1.54) is 21.2 Å². The van der Waals surface area contributed by atoms with Crippen LogP contribution in [0.5, 0.6) is 0 Å². The molecule has 0 saturated heterocycles. The molecule has 0 bridgehead atoms. The molecule has 3 aromatic rings. The van der Waals surface area contributed by atoms with E-state index in [2.05, 4.69) is 47.1 Å². The summed E-state index contributed by atoms with van der Waals surface area (Å²) < 4.78 is 0. The monoisotopic (exact) mass is 404 g/mol. The lowest BCUT2D eigenvalue weighted by Gasteiger charge is -2.25. The van der Waals surface area contributed by atoms with Crippen molar-refractivity contribution in [3.63, 3.8) is 0 Å². The van der Waals surface area contributed by atoms with Crippen molar-refractivity contribution in [3.8, 4) is 0 Å². The quantitative estimate of drug-likeness (QED) is 0.674. The van der Waals surface area contributed by atoms with E-state index in [-0.39, 0.29) is 29.6 Å². The first-order valence-electron chi connectivity index (χ1n) is 8.43. The topological polar surface area (TPSA) is 55.1 Å². The van der Waals surface area contributed by atoms with Gasteiger partial charge in [-0.05, 0) is 51.6 Å². The number of hydrogen-bond donors (Lipinski definition) is 2. The van der Waals surface area contributed by atoms with Crippen LogP contribution in [-0.4, -0.2) is 18.2 Å². The number of nitrogens with two attached hydrogens (primary N) is 1. The second-order valence-corrected chi connectivity index (χ2v) is 8.42. The number of thiophene rings is 1. The third-order valence-electron chi connectivity index (χ3n) is 4.64. The zero-order chi connectivity index (χ0) is 17.2. The molecule has 0 saturated carbocycles. The summed E-state index contributed by atoms with van der Waals surface area (Å²) in [4.78, 5) is 14.2. The summed E-state index contributed by atoms with van der Waals surface area (Å²) in [6, 6.07) is 16.4. The maximum Gasteiger partial charge on any atom is 0.238 e. The lowest BCUT2D eigenvalue weighted by Crippen LogP contribution is -2.36. The van der Waals surface area contributed by atoms with Crippen LogP contribution in [0.3, 0.4) is 0 Å². The molecule has 0 spiro atoms. The van der Waals surface area contributed by atoms with Gasteiger partial charge >= 0.3 is 0 Å². The average molecular weight is 405 g/mol. The van der Waals surface area contributed by atoms with Gasteiger partial charge in [0.25, 0.3) is 0 Å². The number of carbonyl (C=O) groups is 1. The molecule has 2 unspecified atom stereocenters. The van der Waals surface area contributed by atoms with Crippen LogP contribution in [0, 0.1) is 0 Å². The van der Waals surface area contributed by atoms with Crippen LogP contribution in [0.1, 0.15) is 27.3 Å². The minimum atomic E-state index is -0.165. The highest BCUT2D eigenvalue weighted by molar-refractivity contribution is 8.00. The van der Waals surface area contributed by atoms with Crippen LogP contribution in [0.2, 0.25) is 0 Å². The molecule has 0 aliphatic carbocycles. The maximum absolute atomic E-state index is 12.9. The molecule has 3 nitrogen and oxygen atoms in total. The smallest absolute Gasteiger partial charge is 0.238 e. The lowest BCUT2D eigenvalue weighted by atomic mass is 10.0. The molecule has 1 aromatic heterocycles. The van der Waals surface area contributed by atoms with Crippen LogP contribution in [0.15, 0.2) is 53.9 Å². The maximum atomic E-state index is 12.9. The number of thioether (sulfide) groups is 1. The highest BCUT2D eigenvalue weighted by Gasteiger charge is 2.29. The minimum absolute atomic E-state index is 0. The molecule has 1 aliphatic heterocycles. The van der Waals surface area contributed by atoms with Gasteiger partial charge in [0, 0.05) is 11.4 Å². The van der Waals surface area contributed by atoms with Crippen molar-refractivity contribution in [2.24, 2.45) is 5.73 Å². The molecule has 3 N–H and O–H groups in total. The summed E-state index contributed by atoms with van der Waals surface area (Å²) in [5.41, 5.74) is 8.21. The third-order valence-corrected chi connectivity index (χ3v) is 6.88. The zero-order valence-corrected chi connectivity index (χ0v) is 16.6. The number of aryl methyl sites for hydroxylation is 1. The third kappa shape index (κ3) is 3.76. The van der Waals surface area contributed by atoms with Gasteiger partial charge in [-0.25, -0.2) is 0 Å². The van der Waals surface area contributed by atoms with Gasteiger partial charge in [-0.3, -0.25) is 4.79 Å². The fraction of sp³-hybridized carbons (Fsp3) is 0.250.